The number of carbonyl (C=O) groups is 1. The number of nitro groups is 1. The molecule has 21 heavy (non-hydrogen) atoms. The van der Waals surface area contributed by atoms with Gasteiger partial charge in [0.15, 0.2) is 0 Å². The number of nitro benzene ring substituents is 1. The molecule has 3 N–H and O–H groups in total. The van der Waals surface area contributed by atoms with Crippen molar-refractivity contribution in [2.24, 2.45) is 11.8 Å². The largest absolute Gasteiger partial charge is 0.339 e. The Kier molecular flexibility index (Phi) is 4.34. The first kappa shape index (κ1) is 15.5. The van der Waals surface area contributed by atoms with Crippen LogP contribution in [0.3, 0.4) is 0 Å². The zero-order valence-corrected chi connectivity index (χ0v) is 12.6. The number of rotatable bonds is 5. The summed E-state index contributed by atoms with van der Waals surface area (Å²) in [6.45, 7) is 1.97. The van der Waals surface area contributed by atoms with Crippen LogP contribution in [0.25, 0.3) is 0 Å². The van der Waals surface area contributed by atoms with Crippen LogP contribution in [-0.4, -0.2) is 28.8 Å². The molecule has 1 aliphatic carbocycles. The Morgan fingerprint density at radius 2 is 2.19 bits per heavy atom. The van der Waals surface area contributed by atoms with Gasteiger partial charge in [0.1, 0.15) is 5.69 Å². The topological polar surface area (TPSA) is 102 Å². The van der Waals surface area contributed by atoms with E-state index in [-0.39, 0.29) is 33.9 Å². The van der Waals surface area contributed by atoms with Crippen LogP contribution in [0, 0.1) is 16.0 Å². The van der Waals surface area contributed by atoms with E-state index in [2.05, 4.69) is 5.43 Å². The highest BCUT2D eigenvalue weighted by atomic mass is 35.5. The van der Waals surface area contributed by atoms with Gasteiger partial charge in [-0.3, -0.25) is 20.8 Å². The molecule has 1 saturated carbocycles. The number of hydrogen-bond donors (Lipinski definition) is 2. The van der Waals surface area contributed by atoms with Gasteiger partial charge in [-0.25, -0.2) is 0 Å². The second kappa shape index (κ2) is 5.87. The third-order valence-corrected chi connectivity index (χ3v) is 4.19. The standard InChI is InChI=1S/C13H17ClN4O3/c1-7(8-3-4-8)17(2)13(19)9-5-10(14)12(16-15)11(6-9)18(20)21/h5-8,16H,3-4,15H2,1-2H3. The average molecular weight is 313 g/mol. The lowest BCUT2D eigenvalue weighted by Crippen LogP contribution is -2.36. The summed E-state index contributed by atoms with van der Waals surface area (Å²) in [4.78, 5) is 24.5. The van der Waals surface area contributed by atoms with Gasteiger partial charge >= 0.3 is 0 Å². The molecule has 1 amide bonds. The summed E-state index contributed by atoms with van der Waals surface area (Å²) in [5.74, 6) is 5.46. The zero-order chi connectivity index (χ0) is 15.7. The fraction of sp³-hybridized carbons (Fsp3) is 0.462. The second-order valence-electron chi connectivity index (χ2n) is 5.25. The molecule has 0 saturated heterocycles. The molecule has 0 spiro atoms. The summed E-state index contributed by atoms with van der Waals surface area (Å²) in [6, 6.07) is 2.68. The Morgan fingerprint density at radius 1 is 1.57 bits per heavy atom. The number of anilines is 1. The Labute approximate surface area is 127 Å². The molecule has 0 bridgehead atoms. The van der Waals surface area contributed by atoms with Gasteiger partial charge in [0.2, 0.25) is 0 Å². The van der Waals surface area contributed by atoms with E-state index in [0.29, 0.717) is 5.92 Å². The number of hydrazine groups is 1. The molecule has 1 unspecified atom stereocenters. The third-order valence-electron chi connectivity index (χ3n) is 3.89. The minimum Gasteiger partial charge on any atom is -0.339 e. The van der Waals surface area contributed by atoms with Crippen LogP contribution < -0.4 is 11.3 Å². The highest BCUT2D eigenvalue weighted by molar-refractivity contribution is 6.34. The maximum atomic E-state index is 12.4. The molecule has 1 aliphatic rings. The molecule has 8 heteroatoms. The van der Waals surface area contributed by atoms with Gasteiger partial charge < -0.3 is 10.3 Å². The van der Waals surface area contributed by atoms with Gasteiger partial charge in [-0.05, 0) is 31.7 Å². The molecular formula is C13H17ClN4O3. The van der Waals surface area contributed by atoms with Crippen molar-refractivity contribution in [1.29, 1.82) is 0 Å². The van der Waals surface area contributed by atoms with Crippen LogP contribution in [0.4, 0.5) is 11.4 Å². The Morgan fingerprint density at radius 3 is 2.67 bits per heavy atom. The van der Waals surface area contributed by atoms with E-state index in [1.807, 2.05) is 6.92 Å². The number of nitrogens with two attached hydrogens (primary N) is 1. The van der Waals surface area contributed by atoms with Crippen molar-refractivity contribution in [3.05, 3.63) is 32.8 Å². The van der Waals surface area contributed by atoms with Crippen LogP contribution in [0.2, 0.25) is 5.02 Å². The number of nitrogen functional groups attached to an aromatic ring is 1. The first-order chi connectivity index (χ1) is 9.86. The van der Waals surface area contributed by atoms with Crippen molar-refractivity contribution in [1.82, 2.24) is 4.90 Å². The lowest BCUT2D eigenvalue weighted by atomic mass is 10.1. The molecule has 114 valence electrons. The second-order valence-corrected chi connectivity index (χ2v) is 5.65. The van der Waals surface area contributed by atoms with E-state index >= 15 is 0 Å². The first-order valence-corrected chi connectivity index (χ1v) is 6.96. The van der Waals surface area contributed by atoms with Crippen LogP contribution >= 0.6 is 11.6 Å². The molecule has 7 nitrogen and oxygen atoms in total. The summed E-state index contributed by atoms with van der Waals surface area (Å²) in [7, 11) is 1.69. The molecule has 0 aromatic heterocycles. The lowest BCUT2D eigenvalue weighted by molar-refractivity contribution is -0.384. The van der Waals surface area contributed by atoms with Crippen molar-refractivity contribution in [3.8, 4) is 0 Å². The smallest absolute Gasteiger partial charge is 0.295 e. The fourth-order valence-corrected chi connectivity index (χ4v) is 2.55. The van der Waals surface area contributed by atoms with E-state index in [4.69, 9.17) is 17.4 Å². The van der Waals surface area contributed by atoms with Gasteiger partial charge in [0.25, 0.3) is 11.6 Å². The minimum atomic E-state index is -0.623. The third kappa shape index (κ3) is 3.08. The average Bonchev–Trinajstić information content (AvgIpc) is 3.28. The predicted octanol–water partition coefficient (Wildman–Crippen LogP) is 2.40. The number of hydrogen-bond acceptors (Lipinski definition) is 5. The molecule has 0 radical (unpaired) electrons. The van der Waals surface area contributed by atoms with E-state index in [1.165, 1.54) is 12.1 Å². The van der Waals surface area contributed by atoms with Crippen molar-refractivity contribution < 1.29 is 9.72 Å². The van der Waals surface area contributed by atoms with Crippen LogP contribution in [0.15, 0.2) is 12.1 Å². The van der Waals surface area contributed by atoms with Crippen LogP contribution in [0.1, 0.15) is 30.1 Å². The number of halogens is 1. The van der Waals surface area contributed by atoms with Gasteiger partial charge in [-0.1, -0.05) is 11.6 Å². The van der Waals surface area contributed by atoms with Crippen molar-refractivity contribution in [2.75, 3.05) is 12.5 Å². The highest BCUT2D eigenvalue weighted by Crippen LogP contribution is 2.36. The fourth-order valence-electron chi connectivity index (χ4n) is 2.29. The number of benzene rings is 1. The van der Waals surface area contributed by atoms with Gasteiger partial charge in [-0.15, -0.1) is 0 Å². The summed E-state index contributed by atoms with van der Waals surface area (Å²) in [5, 5.41) is 11.1. The molecule has 2 rings (SSSR count). The molecule has 1 aromatic carbocycles. The van der Waals surface area contributed by atoms with Crippen molar-refractivity contribution in [2.45, 2.75) is 25.8 Å². The van der Waals surface area contributed by atoms with Crippen molar-refractivity contribution in [3.63, 3.8) is 0 Å². The SMILES string of the molecule is CC(C1CC1)N(C)C(=O)c1cc(Cl)c(NN)c([N+](=O)[O-])c1. The molecule has 1 atom stereocenters. The number of amides is 1. The van der Waals surface area contributed by atoms with Crippen LogP contribution in [0.5, 0.6) is 0 Å². The summed E-state index contributed by atoms with van der Waals surface area (Å²) in [5.41, 5.74) is 2.05. The molecule has 0 heterocycles. The normalized spacial score (nSPS) is 15.4. The number of carbonyl (C=O) groups excluding carboxylic acids is 1. The minimum absolute atomic E-state index is 0.00360. The van der Waals surface area contributed by atoms with Crippen LogP contribution in [-0.2, 0) is 0 Å². The number of nitrogens with one attached hydrogen (secondary N) is 1. The Bertz CT molecular complexity index is 589. The monoisotopic (exact) mass is 312 g/mol. The molecule has 0 aliphatic heterocycles. The highest BCUT2D eigenvalue weighted by Gasteiger charge is 2.33. The quantitative estimate of drug-likeness (QED) is 0.494. The van der Waals surface area contributed by atoms with E-state index < -0.39 is 4.92 Å². The van der Waals surface area contributed by atoms with E-state index in [1.54, 1.807) is 11.9 Å². The Balaban J connectivity index is 2.34. The summed E-state index contributed by atoms with van der Waals surface area (Å²) >= 11 is 5.96. The number of nitrogens with zero attached hydrogens (tertiary/aromatic N) is 2. The summed E-state index contributed by atoms with van der Waals surface area (Å²) < 4.78 is 0. The molecule has 1 aromatic rings. The van der Waals surface area contributed by atoms with Gasteiger partial charge in [-0.2, -0.15) is 0 Å². The predicted molar refractivity (Wildman–Crippen MR) is 80.2 cm³/mol. The summed E-state index contributed by atoms with van der Waals surface area (Å²) in [6.07, 6.45) is 2.21. The zero-order valence-electron chi connectivity index (χ0n) is 11.8. The van der Waals surface area contributed by atoms with Gasteiger partial charge in [0.05, 0.1) is 9.95 Å². The molecular weight excluding hydrogens is 296 g/mol. The lowest BCUT2D eigenvalue weighted by Gasteiger charge is -2.25. The van der Waals surface area contributed by atoms with Crippen molar-refractivity contribution >= 4 is 28.9 Å². The molecule has 1 fully saturated rings. The van der Waals surface area contributed by atoms with E-state index in [9.17, 15) is 14.9 Å². The van der Waals surface area contributed by atoms with E-state index in [0.717, 1.165) is 12.8 Å². The maximum absolute atomic E-state index is 12.4. The first-order valence-electron chi connectivity index (χ1n) is 6.58. The van der Waals surface area contributed by atoms with Gasteiger partial charge in [0, 0.05) is 24.7 Å². The maximum Gasteiger partial charge on any atom is 0.295 e. The Hall–Kier alpha value is -1.86.